The molecule has 0 radical (unpaired) electrons. The first-order valence-electron chi connectivity index (χ1n) is 12.1. The molecule has 4 rings (SSSR count). The summed E-state index contributed by atoms with van der Waals surface area (Å²) in [6.45, 7) is 1.49. The number of aromatic amines is 1. The van der Waals surface area contributed by atoms with Crippen LogP contribution in [-0.2, 0) is 6.18 Å². The Bertz CT molecular complexity index is 1550. The molecule has 4 aromatic rings. The van der Waals surface area contributed by atoms with E-state index in [2.05, 4.69) is 25.8 Å². The van der Waals surface area contributed by atoms with Crippen LogP contribution < -0.4 is 15.4 Å². The largest absolute Gasteiger partial charge is 0.480 e. The second kappa shape index (κ2) is 9.68. The maximum absolute atomic E-state index is 13.2. The smallest absolute Gasteiger partial charge is 0.416 e. The van der Waals surface area contributed by atoms with Gasteiger partial charge < -0.3 is 15.4 Å². The molecule has 0 saturated heterocycles. The lowest BCUT2D eigenvalue weighted by molar-refractivity contribution is -0.137. The summed E-state index contributed by atoms with van der Waals surface area (Å²) in [5.74, 6) is -1.66. The number of pyridine rings is 1. The van der Waals surface area contributed by atoms with Crippen molar-refractivity contribution in [2.24, 2.45) is 0 Å². The third-order valence-corrected chi connectivity index (χ3v) is 5.59. The van der Waals surface area contributed by atoms with Gasteiger partial charge in [0.15, 0.2) is 5.69 Å². The SMILES string of the molecule is [2H]C([2H])([2H])Oc1ncc(-c2ccc3c(C(=O)NC)n[nH]c3c2)cc1C(=O)N[C@H](C)c1cccc(C(F)(F)F)c1. The van der Waals surface area contributed by atoms with E-state index in [1.54, 1.807) is 18.2 Å². The highest BCUT2D eigenvalue weighted by Gasteiger charge is 2.31. The monoisotopic (exact) mass is 500 g/mol. The fraction of sp³-hybridized carbons (Fsp3) is 0.200. The maximum Gasteiger partial charge on any atom is 0.416 e. The van der Waals surface area contributed by atoms with Gasteiger partial charge in [0, 0.05) is 24.2 Å². The third kappa shape index (κ3) is 4.85. The molecule has 2 aromatic heterocycles. The number of benzene rings is 2. The Morgan fingerprint density at radius 2 is 1.92 bits per heavy atom. The van der Waals surface area contributed by atoms with Crippen LogP contribution in [0.2, 0.25) is 0 Å². The van der Waals surface area contributed by atoms with Gasteiger partial charge in [0.05, 0.1) is 28.3 Å². The average Bonchev–Trinajstić information content (AvgIpc) is 3.30. The average molecular weight is 500 g/mol. The van der Waals surface area contributed by atoms with Gasteiger partial charge in [0.25, 0.3) is 11.8 Å². The number of rotatable bonds is 6. The Labute approximate surface area is 208 Å². The molecule has 0 saturated carbocycles. The number of ether oxygens (including phenoxy) is 1. The van der Waals surface area contributed by atoms with Crippen LogP contribution in [-0.4, -0.2) is 41.1 Å². The van der Waals surface area contributed by atoms with Crippen LogP contribution in [0.4, 0.5) is 13.2 Å². The molecular formula is C25H22F3N5O3. The minimum absolute atomic E-state index is 0.192. The molecule has 0 unspecified atom stereocenters. The van der Waals surface area contributed by atoms with Crippen molar-refractivity contribution in [2.75, 3.05) is 14.1 Å². The number of alkyl halides is 3. The number of H-pyrrole nitrogens is 1. The highest BCUT2D eigenvalue weighted by Crippen LogP contribution is 2.31. The van der Waals surface area contributed by atoms with E-state index in [4.69, 9.17) is 8.85 Å². The minimum atomic E-state index is -4.56. The summed E-state index contributed by atoms with van der Waals surface area (Å²) in [4.78, 5) is 29.3. The van der Waals surface area contributed by atoms with Crippen LogP contribution in [0, 0.1) is 0 Å². The van der Waals surface area contributed by atoms with Crippen molar-refractivity contribution < 1.29 is 31.6 Å². The van der Waals surface area contributed by atoms with Gasteiger partial charge in [-0.05, 0) is 48.4 Å². The fourth-order valence-electron chi connectivity index (χ4n) is 3.69. The van der Waals surface area contributed by atoms with Crippen molar-refractivity contribution in [3.8, 4) is 17.0 Å². The number of fused-ring (bicyclic) bond motifs is 1. The predicted octanol–water partition coefficient (Wildman–Crippen LogP) is 4.50. The molecule has 36 heavy (non-hydrogen) atoms. The van der Waals surface area contributed by atoms with Crippen LogP contribution >= 0.6 is 0 Å². The molecule has 0 fully saturated rings. The molecule has 2 amide bonds. The van der Waals surface area contributed by atoms with Gasteiger partial charge in [-0.3, -0.25) is 14.7 Å². The number of carbonyl (C=O) groups is 2. The summed E-state index contributed by atoms with van der Waals surface area (Å²) in [5, 5.41) is 12.4. The van der Waals surface area contributed by atoms with Crippen LogP contribution in [0.3, 0.4) is 0 Å². The van der Waals surface area contributed by atoms with Crippen LogP contribution in [0.1, 0.15) is 49.1 Å². The summed E-state index contributed by atoms with van der Waals surface area (Å²) >= 11 is 0. The quantitative estimate of drug-likeness (QED) is 0.361. The lowest BCUT2D eigenvalue weighted by Gasteiger charge is -2.17. The number of halogens is 3. The number of aromatic nitrogens is 3. The molecule has 11 heteroatoms. The Morgan fingerprint density at radius 3 is 2.64 bits per heavy atom. The highest BCUT2D eigenvalue weighted by atomic mass is 19.4. The Kier molecular flexibility index (Phi) is 5.63. The van der Waals surface area contributed by atoms with Gasteiger partial charge >= 0.3 is 6.18 Å². The molecule has 0 aliphatic carbocycles. The molecule has 0 aliphatic heterocycles. The molecule has 0 aliphatic rings. The number of methoxy groups -OCH3 is 1. The number of nitrogens with zero attached hydrogens (tertiary/aromatic N) is 2. The first kappa shape index (κ1) is 20.9. The zero-order chi connectivity index (χ0) is 28.5. The number of hydrogen-bond acceptors (Lipinski definition) is 5. The fourth-order valence-corrected chi connectivity index (χ4v) is 3.69. The van der Waals surface area contributed by atoms with Crippen molar-refractivity contribution in [1.29, 1.82) is 0 Å². The van der Waals surface area contributed by atoms with Crippen molar-refractivity contribution >= 4 is 22.7 Å². The van der Waals surface area contributed by atoms with Gasteiger partial charge in [-0.1, -0.05) is 18.2 Å². The van der Waals surface area contributed by atoms with Crippen molar-refractivity contribution in [1.82, 2.24) is 25.8 Å². The van der Waals surface area contributed by atoms with Gasteiger partial charge in [0.2, 0.25) is 5.88 Å². The van der Waals surface area contributed by atoms with Crippen molar-refractivity contribution in [3.05, 3.63) is 77.1 Å². The van der Waals surface area contributed by atoms with E-state index >= 15 is 0 Å². The van der Waals surface area contributed by atoms with Crippen molar-refractivity contribution in [2.45, 2.75) is 19.1 Å². The third-order valence-electron chi connectivity index (χ3n) is 5.59. The van der Waals surface area contributed by atoms with Crippen LogP contribution in [0.5, 0.6) is 5.88 Å². The minimum Gasteiger partial charge on any atom is -0.480 e. The van der Waals surface area contributed by atoms with E-state index in [1.165, 1.54) is 38.4 Å². The zero-order valence-electron chi connectivity index (χ0n) is 22.0. The normalized spacial score (nSPS) is 13.9. The van der Waals surface area contributed by atoms with E-state index in [9.17, 15) is 22.8 Å². The van der Waals surface area contributed by atoms with Gasteiger partial charge in [-0.2, -0.15) is 18.3 Å². The Morgan fingerprint density at radius 1 is 1.11 bits per heavy atom. The Hall–Kier alpha value is -4.41. The van der Waals surface area contributed by atoms with Crippen molar-refractivity contribution in [3.63, 3.8) is 0 Å². The molecule has 2 heterocycles. The summed E-state index contributed by atoms with van der Waals surface area (Å²) in [6, 6.07) is 9.98. The molecule has 0 bridgehead atoms. The number of carbonyl (C=O) groups excluding carboxylic acids is 2. The Balaban J connectivity index is 1.69. The van der Waals surface area contributed by atoms with Gasteiger partial charge in [-0.25, -0.2) is 4.98 Å². The number of amides is 2. The summed E-state index contributed by atoms with van der Waals surface area (Å²) in [7, 11) is -1.44. The van der Waals surface area contributed by atoms with Gasteiger partial charge in [0.1, 0.15) is 5.56 Å². The molecule has 1 atom stereocenters. The summed E-state index contributed by atoms with van der Waals surface area (Å²) in [6.07, 6.45) is -3.25. The zero-order valence-corrected chi connectivity index (χ0v) is 19.0. The first-order chi connectivity index (χ1) is 18.3. The number of hydrogen-bond donors (Lipinski definition) is 3. The van der Waals surface area contributed by atoms with Crippen LogP contribution in [0.25, 0.3) is 22.0 Å². The van der Waals surface area contributed by atoms with E-state index in [-0.39, 0.29) is 22.7 Å². The molecular weight excluding hydrogens is 475 g/mol. The van der Waals surface area contributed by atoms with E-state index in [0.29, 0.717) is 22.0 Å². The summed E-state index contributed by atoms with van der Waals surface area (Å²) in [5.41, 5.74) is 0.769. The second-order valence-corrected chi connectivity index (χ2v) is 7.91. The van der Waals surface area contributed by atoms with E-state index in [0.717, 1.165) is 12.1 Å². The van der Waals surface area contributed by atoms with Gasteiger partial charge in [-0.15, -0.1) is 0 Å². The van der Waals surface area contributed by atoms with E-state index < -0.39 is 36.6 Å². The number of nitrogens with one attached hydrogen (secondary N) is 3. The molecule has 8 nitrogen and oxygen atoms in total. The molecule has 3 N–H and O–H groups in total. The molecule has 186 valence electrons. The maximum atomic E-state index is 13.2. The lowest BCUT2D eigenvalue weighted by atomic mass is 10.0. The molecule has 2 aromatic carbocycles. The molecule has 0 spiro atoms. The topological polar surface area (TPSA) is 109 Å². The first-order valence-corrected chi connectivity index (χ1v) is 10.6. The second-order valence-electron chi connectivity index (χ2n) is 7.91. The predicted molar refractivity (Wildman–Crippen MR) is 127 cm³/mol. The van der Waals surface area contributed by atoms with E-state index in [1.807, 2.05) is 0 Å². The highest BCUT2D eigenvalue weighted by molar-refractivity contribution is 6.05. The summed E-state index contributed by atoms with van der Waals surface area (Å²) < 4.78 is 66.6. The van der Waals surface area contributed by atoms with Crippen LogP contribution in [0.15, 0.2) is 54.7 Å². The lowest BCUT2D eigenvalue weighted by Crippen LogP contribution is -2.27. The standard InChI is InChI=1S/C25H22F3N5O3/c1-13(14-5-4-6-17(9-14)25(26,27)28)31-22(34)19-10-16(12-30-24(19)36-3)15-7-8-18-20(11-15)32-33-21(18)23(35)29-2/h4-13H,1-3H3,(H,29,35)(H,31,34)(H,32,33)/t13-/m1/s1/i3D3.